The third-order valence-electron chi connectivity index (χ3n) is 3.09. The van der Waals surface area contributed by atoms with Gasteiger partial charge < -0.3 is 5.32 Å². The number of amides is 1. The van der Waals surface area contributed by atoms with E-state index in [0.717, 1.165) is 10.5 Å². The summed E-state index contributed by atoms with van der Waals surface area (Å²) in [5.74, 6) is 0.606. The van der Waals surface area contributed by atoms with E-state index in [9.17, 15) is 4.79 Å². The number of carbonyl (C=O) groups is 1. The molecule has 1 N–H and O–H groups in total. The van der Waals surface area contributed by atoms with Crippen molar-refractivity contribution in [3.05, 3.63) is 49.4 Å². The number of thiazole rings is 1. The van der Waals surface area contributed by atoms with E-state index in [2.05, 4.69) is 10.3 Å². The summed E-state index contributed by atoms with van der Waals surface area (Å²) in [6, 6.07) is 9.32. The highest BCUT2D eigenvalue weighted by atomic mass is 35.5. The predicted octanol–water partition coefficient (Wildman–Crippen LogP) is 6.95. The van der Waals surface area contributed by atoms with Crippen molar-refractivity contribution < 1.29 is 4.79 Å². The van der Waals surface area contributed by atoms with Crippen LogP contribution in [0.3, 0.4) is 0 Å². The van der Waals surface area contributed by atoms with Crippen molar-refractivity contribution >= 4 is 80.3 Å². The number of nitrogens with zero attached hydrogens (tertiary/aromatic N) is 1. The van der Waals surface area contributed by atoms with Gasteiger partial charge in [0.05, 0.1) is 10.0 Å². The van der Waals surface area contributed by atoms with Crippen molar-refractivity contribution in [1.82, 2.24) is 4.98 Å². The van der Waals surface area contributed by atoms with Gasteiger partial charge in [-0.15, -0.1) is 34.4 Å². The number of thiophene rings is 1. The molecular formula is C16H11Cl3N2OS3. The van der Waals surface area contributed by atoms with Gasteiger partial charge in [0.1, 0.15) is 4.34 Å². The lowest BCUT2D eigenvalue weighted by molar-refractivity contribution is -0.115. The fourth-order valence-corrected chi connectivity index (χ4v) is 5.13. The topological polar surface area (TPSA) is 42.0 Å². The predicted molar refractivity (Wildman–Crippen MR) is 111 cm³/mol. The van der Waals surface area contributed by atoms with E-state index >= 15 is 0 Å². The summed E-state index contributed by atoms with van der Waals surface area (Å²) in [5, 5.41) is 5.92. The zero-order valence-corrected chi connectivity index (χ0v) is 17.3. The highest BCUT2D eigenvalue weighted by Gasteiger charge is 2.13. The molecule has 130 valence electrons. The molecular weight excluding hydrogens is 439 g/mol. The lowest BCUT2D eigenvalue weighted by Gasteiger charge is -2.02. The van der Waals surface area contributed by atoms with Crippen LogP contribution in [-0.2, 0) is 4.79 Å². The molecule has 0 aliphatic carbocycles. The van der Waals surface area contributed by atoms with E-state index in [0.29, 0.717) is 36.7 Å². The zero-order chi connectivity index (χ0) is 17.8. The van der Waals surface area contributed by atoms with Gasteiger partial charge in [-0.1, -0.05) is 34.8 Å². The summed E-state index contributed by atoms with van der Waals surface area (Å²) in [6.45, 7) is 0. The van der Waals surface area contributed by atoms with E-state index in [4.69, 9.17) is 34.8 Å². The Labute approximate surface area is 172 Å². The first-order valence-electron chi connectivity index (χ1n) is 7.10. The van der Waals surface area contributed by atoms with Gasteiger partial charge in [-0.05, 0) is 30.3 Å². The Kier molecular flexibility index (Phi) is 6.66. The molecule has 0 saturated heterocycles. The molecule has 3 nitrogen and oxygen atoms in total. The number of rotatable bonds is 6. The fourth-order valence-electron chi connectivity index (χ4n) is 1.94. The van der Waals surface area contributed by atoms with Gasteiger partial charge in [0.2, 0.25) is 5.91 Å². The summed E-state index contributed by atoms with van der Waals surface area (Å²) in [7, 11) is 0. The van der Waals surface area contributed by atoms with E-state index in [1.165, 1.54) is 22.7 Å². The SMILES string of the molecule is O=C(CCSc1ccc(Cl)cc1)Nc1nc(-c2cc(Cl)sc2Cl)cs1. The number of aromatic nitrogens is 1. The quantitative estimate of drug-likeness (QED) is 0.414. The maximum Gasteiger partial charge on any atom is 0.226 e. The van der Waals surface area contributed by atoms with Crippen LogP contribution >= 0.6 is 69.2 Å². The summed E-state index contributed by atoms with van der Waals surface area (Å²) < 4.78 is 1.20. The molecule has 0 atom stereocenters. The third kappa shape index (κ3) is 5.36. The summed E-state index contributed by atoms with van der Waals surface area (Å²) in [6.07, 6.45) is 0.396. The maximum absolute atomic E-state index is 12.0. The standard InChI is InChI=1S/C16H11Cl3N2OS3/c17-9-1-3-10(4-2-9)23-6-5-14(22)21-16-20-12(8-24-16)11-7-13(18)25-15(11)19/h1-4,7-8H,5-6H2,(H,20,21,22). The Hall–Kier alpha value is -0.760. The number of hydrogen-bond acceptors (Lipinski definition) is 5. The number of nitrogens with one attached hydrogen (secondary N) is 1. The Balaban J connectivity index is 1.51. The molecule has 0 unspecified atom stereocenters. The largest absolute Gasteiger partial charge is 0.302 e. The molecule has 0 spiro atoms. The highest BCUT2D eigenvalue weighted by Crippen LogP contribution is 2.39. The van der Waals surface area contributed by atoms with Gasteiger partial charge in [0.15, 0.2) is 5.13 Å². The van der Waals surface area contributed by atoms with Crippen molar-refractivity contribution in [2.24, 2.45) is 0 Å². The molecule has 0 bridgehead atoms. The molecule has 0 fully saturated rings. The van der Waals surface area contributed by atoms with Gasteiger partial charge in [-0.2, -0.15) is 0 Å². The van der Waals surface area contributed by atoms with Crippen molar-refractivity contribution in [1.29, 1.82) is 0 Å². The number of halogens is 3. The second-order valence-electron chi connectivity index (χ2n) is 4.88. The molecule has 0 saturated carbocycles. The minimum atomic E-state index is -0.0724. The second kappa shape index (κ2) is 8.75. The van der Waals surface area contributed by atoms with Crippen LogP contribution in [0.25, 0.3) is 11.3 Å². The lowest BCUT2D eigenvalue weighted by atomic mass is 10.3. The average Bonchev–Trinajstić information content (AvgIpc) is 3.15. The van der Waals surface area contributed by atoms with Crippen LogP contribution in [-0.4, -0.2) is 16.6 Å². The van der Waals surface area contributed by atoms with Gasteiger partial charge in [0.25, 0.3) is 0 Å². The molecule has 0 radical (unpaired) electrons. The first-order valence-corrected chi connectivity index (χ1v) is 10.9. The Morgan fingerprint density at radius 1 is 1.20 bits per heavy atom. The van der Waals surface area contributed by atoms with Crippen LogP contribution in [0.4, 0.5) is 5.13 Å². The number of hydrogen-bond donors (Lipinski definition) is 1. The van der Waals surface area contributed by atoms with Crippen LogP contribution in [0, 0.1) is 0 Å². The zero-order valence-electron chi connectivity index (χ0n) is 12.6. The van der Waals surface area contributed by atoms with Gasteiger partial charge in [0, 0.05) is 33.0 Å². The number of thioether (sulfide) groups is 1. The molecule has 0 aliphatic heterocycles. The van der Waals surface area contributed by atoms with Crippen molar-refractivity contribution in [3.8, 4) is 11.3 Å². The van der Waals surface area contributed by atoms with E-state index in [1.807, 2.05) is 29.6 Å². The first kappa shape index (κ1) is 19.0. The third-order valence-corrected chi connectivity index (χ3v) is 6.61. The Bertz CT molecular complexity index is 877. The number of carbonyl (C=O) groups excluding carboxylic acids is 1. The van der Waals surface area contributed by atoms with Gasteiger partial charge >= 0.3 is 0 Å². The summed E-state index contributed by atoms with van der Waals surface area (Å²) in [5.41, 5.74) is 1.50. The number of benzene rings is 1. The van der Waals surface area contributed by atoms with Crippen LogP contribution in [0.1, 0.15) is 6.42 Å². The molecule has 2 heterocycles. The van der Waals surface area contributed by atoms with Crippen molar-refractivity contribution in [3.63, 3.8) is 0 Å². The van der Waals surface area contributed by atoms with E-state index < -0.39 is 0 Å². The first-order chi connectivity index (χ1) is 12.0. The van der Waals surface area contributed by atoms with E-state index in [-0.39, 0.29) is 5.91 Å². The molecule has 1 amide bonds. The van der Waals surface area contributed by atoms with Crippen LogP contribution < -0.4 is 5.32 Å². The minimum Gasteiger partial charge on any atom is -0.302 e. The lowest BCUT2D eigenvalue weighted by Crippen LogP contribution is -2.11. The maximum atomic E-state index is 12.0. The molecule has 0 aliphatic rings. The van der Waals surface area contributed by atoms with Crippen molar-refractivity contribution in [2.45, 2.75) is 11.3 Å². The second-order valence-corrected chi connectivity index (χ2v) is 9.62. The van der Waals surface area contributed by atoms with Crippen LogP contribution in [0.15, 0.2) is 40.6 Å². The van der Waals surface area contributed by atoms with E-state index in [1.54, 1.807) is 17.8 Å². The molecule has 3 rings (SSSR count). The van der Waals surface area contributed by atoms with Crippen LogP contribution in [0.2, 0.25) is 13.7 Å². The van der Waals surface area contributed by atoms with Gasteiger partial charge in [-0.3, -0.25) is 4.79 Å². The highest BCUT2D eigenvalue weighted by molar-refractivity contribution is 7.99. The van der Waals surface area contributed by atoms with Crippen molar-refractivity contribution in [2.75, 3.05) is 11.1 Å². The van der Waals surface area contributed by atoms with Gasteiger partial charge in [-0.25, -0.2) is 4.98 Å². The minimum absolute atomic E-state index is 0.0724. The molecule has 9 heteroatoms. The Morgan fingerprint density at radius 2 is 1.96 bits per heavy atom. The monoisotopic (exact) mass is 448 g/mol. The van der Waals surface area contributed by atoms with Crippen LogP contribution in [0.5, 0.6) is 0 Å². The molecule has 1 aromatic carbocycles. The fraction of sp³-hybridized carbons (Fsp3) is 0.125. The number of anilines is 1. The smallest absolute Gasteiger partial charge is 0.226 e. The molecule has 2 aromatic heterocycles. The summed E-state index contributed by atoms with van der Waals surface area (Å²) in [4.78, 5) is 17.5. The average molecular weight is 450 g/mol. The normalized spacial score (nSPS) is 10.8. The Morgan fingerprint density at radius 3 is 2.64 bits per heavy atom. The molecule has 25 heavy (non-hydrogen) atoms. The summed E-state index contributed by atoms with van der Waals surface area (Å²) >= 11 is 22.2. The molecule has 3 aromatic rings.